The summed E-state index contributed by atoms with van der Waals surface area (Å²) in [5, 5.41) is 0.698. The van der Waals surface area contributed by atoms with Crippen LogP contribution < -0.4 is 11.0 Å². The normalized spacial score (nSPS) is 11.2. The lowest BCUT2D eigenvalue weighted by Gasteiger charge is -2.01. The van der Waals surface area contributed by atoms with Crippen molar-refractivity contribution >= 4 is 21.6 Å². The lowest BCUT2D eigenvalue weighted by molar-refractivity contribution is 0.0849. The van der Waals surface area contributed by atoms with E-state index in [-0.39, 0.29) is 5.56 Å². The van der Waals surface area contributed by atoms with Crippen LogP contribution in [-0.2, 0) is 11.4 Å². The van der Waals surface area contributed by atoms with Crippen LogP contribution in [0.15, 0.2) is 4.79 Å². The summed E-state index contributed by atoms with van der Waals surface area (Å²) in [6, 6.07) is 0. The van der Waals surface area contributed by atoms with Gasteiger partial charge in [-0.15, -0.1) is 11.3 Å². The van der Waals surface area contributed by atoms with E-state index < -0.39 is 0 Å². The van der Waals surface area contributed by atoms with Crippen molar-refractivity contribution in [3.63, 3.8) is 0 Å². The molecule has 2 aromatic heterocycles. The van der Waals surface area contributed by atoms with Gasteiger partial charge in [-0.1, -0.05) is 0 Å². The fraction of sp³-hybridized carbons (Fsp3) is 0.400. The number of hydrogen-bond acceptors (Lipinski definition) is 5. The number of nitrogens with one attached hydrogen (secondary N) is 2. The van der Waals surface area contributed by atoms with Crippen molar-refractivity contribution in [2.45, 2.75) is 20.4 Å². The first-order valence-corrected chi connectivity index (χ1v) is 5.70. The van der Waals surface area contributed by atoms with Gasteiger partial charge in [0.05, 0.1) is 19.0 Å². The highest BCUT2D eigenvalue weighted by Gasteiger charge is 2.11. The summed E-state index contributed by atoms with van der Waals surface area (Å²) in [6.45, 7) is 4.32. The number of aromatic amines is 1. The quantitative estimate of drug-likeness (QED) is 0.791. The van der Waals surface area contributed by atoms with Crippen LogP contribution in [0, 0.1) is 13.8 Å². The van der Waals surface area contributed by atoms with E-state index in [9.17, 15) is 4.79 Å². The number of hydrogen-bond donors (Lipinski definition) is 2. The molecule has 6 heteroatoms. The van der Waals surface area contributed by atoms with Gasteiger partial charge in [0.2, 0.25) is 0 Å². The minimum Gasteiger partial charge on any atom is -0.309 e. The summed E-state index contributed by atoms with van der Waals surface area (Å²) in [5.74, 6) is 0.584. The van der Waals surface area contributed by atoms with E-state index in [4.69, 9.17) is 4.84 Å². The van der Waals surface area contributed by atoms with Crippen molar-refractivity contribution in [2.75, 3.05) is 7.11 Å². The van der Waals surface area contributed by atoms with Gasteiger partial charge in [0.25, 0.3) is 5.56 Å². The van der Waals surface area contributed by atoms with Gasteiger partial charge >= 0.3 is 0 Å². The molecule has 0 aliphatic heterocycles. The second kappa shape index (κ2) is 4.32. The number of aromatic nitrogens is 2. The molecule has 2 aromatic rings. The molecule has 0 saturated heterocycles. The van der Waals surface area contributed by atoms with Crippen molar-refractivity contribution in [2.24, 2.45) is 0 Å². The van der Waals surface area contributed by atoms with Gasteiger partial charge in [0.15, 0.2) is 0 Å². The number of H-pyrrole nitrogens is 1. The maximum atomic E-state index is 11.8. The molecule has 0 unspecified atom stereocenters. The van der Waals surface area contributed by atoms with E-state index in [0.29, 0.717) is 17.8 Å². The molecule has 0 saturated carbocycles. The van der Waals surface area contributed by atoms with Gasteiger partial charge in [-0.05, 0) is 19.4 Å². The highest BCUT2D eigenvalue weighted by molar-refractivity contribution is 7.18. The Kier molecular flexibility index (Phi) is 3.04. The molecule has 0 radical (unpaired) electrons. The van der Waals surface area contributed by atoms with Gasteiger partial charge < -0.3 is 9.82 Å². The minimum absolute atomic E-state index is 0.0836. The number of hydroxylamine groups is 1. The van der Waals surface area contributed by atoms with Gasteiger partial charge in [-0.3, -0.25) is 4.79 Å². The summed E-state index contributed by atoms with van der Waals surface area (Å²) in [5.41, 5.74) is 3.58. The van der Waals surface area contributed by atoms with Crippen molar-refractivity contribution in [1.82, 2.24) is 15.4 Å². The summed E-state index contributed by atoms with van der Waals surface area (Å²) in [7, 11) is 1.52. The second-order valence-corrected chi connectivity index (χ2v) is 4.70. The Morgan fingerprint density at radius 3 is 2.94 bits per heavy atom. The van der Waals surface area contributed by atoms with E-state index in [1.54, 1.807) is 11.3 Å². The van der Waals surface area contributed by atoms with Crippen LogP contribution in [0.3, 0.4) is 0 Å². The third-order valence-electron chi connectivity index (χ3n) is 2.47. The summed E-state index contributed by atoms with van der Waals surface area (Å²) in [4.78, 5) is 25.6. The third kappa shape index (κ3) is 1.87. The van der Waals surface area contributed by atoms with Crippen LogP contribution in [0.2, 0.25) is 0 Å². The zero-order chi connectivity index (χ0) is 11.7. The Bertz CT molecular complexity index is 573. The molecule has 0 aromatic carbocycles. The minimum atomic E-state index is -0.0836. The molecule has 86 valence electrons. The largest absolute Gasteiger partial charge is 0.309 e. The summed E-state index contributed by atoms with van der Waals surface area (Å²) < 4.78 is 0. The lowest BCUT2D eigenvalue weighted by Crippen LogP contribution is -2.18. The van der Waals surface area contributed by atoms with Crippen LogP contribution >= 0.6 is 11.3 Å². The SMILES string of the molecule is CONCc1nc2sc(C)c(C)c2c(=O)[nH]1. The van der Waals surface area contributed by atoms with Gasteiger partial charge in [-0.2, -0.15) is 5.48 Å². The molecule has 0 aliphatic carbocycles. The molecule has 0 aliphatic rings. The molecular weight excluding hydrogens is 226 g/mol. The Morgan fingerprint density at radius 2 is 2.25 bits per heavy atom. The zero-order valence-corrected chi connectivity index (χ0v) is 10.2. The van der Waals surface area contributed by atoms with E-state index in [2.05, 4.69) is 15.4 Å². The highest BCUT2D eigenvalue weighted by Crippen LogP contribution is 2.25. The van der Waals surface area contributed by atoms with Gasteiger partial charge in [0, 0.05) is 4.88 Å². The van der Waals surface area contributed by atoms with E-state index >= 15 is 0 Å². The maximum absolute atomic E-state index is 11.8. The maximum Gasteiger partial charge on any atom is 0.259 e. The second-order valence-electron chi connectivity index (χ2n) is 3.50. The Morgan fingerprint density at radius 1 is 1.50 bits per heavy atom. The number of fused-ring (bicyclic) bond motifs is 1. The van der Waals surface area contributed by atoms with Crippen molar-refractivity contribution in [3.05, 3.63) is 26.6 Å². The predicted octanol–water partition coefficient (Wildman–Crippen LogP) is 1.25. The fourth-order valence-corrected chi connectivity index (χ4v) is 2.57. The fourth-order valence-electron chi connectivity index (χ4n) is 1.52. The Balaban J connectivity index is 2.55. The molecule has 0 atom stereocenters. The molecule has 16 heavy (non-hydrogen) atoms. The topological polar surface area (TPSA) is 67.0 Å². The highest BCUT2D eigenvalue weighted by atomic mass is 32.1. The average Bonchev–Trinajstić information content (AvgIpc) is 2.52. The first-order chi connectivity index (χ1) is 7.63. The Hall–Kier alpha value is -1.24. The summed E-state index contributed by atoms with van der Waals surface area (Å²) >= 11 is 1.54. The Labute approximate surface area is 96.4 Å². The molecule has 0 fully saturated rings. The third-order valence-corrected chi connectivity index (χ3v) is 3.57. The van der Waals surface area contributed by atoms with Gasteiger partial charge in [0.1, 0.15) is 10.7 Å². The molecule has 2 N–H and O–H groups in total. The first-order valence-electron chi connectivity index (χ1n) is 4.88. The molecule has 0 amide bonds. The number of thiophene rings is 1. The average molecular weight is 239 g/mol. The van der Waals surface area contributed by atoms with E-state index in [1.165, 1.54) is 7.11 Å². The monoisotopic (exact) mass is 239 g/mol. The van der Waals surface area contributed by atoms with Crippen LogP contribution in [-0.4, -0.2) is 17.1 Å². The summed E-state index contributed by atoms with van der Waals surface area (Å²) in [6.07, 6.45) is 0. The number of rotatable bonds is 3. The van der Waals surface area contributed by atoms with Crippen molar-refractivity contribution in [3.8, 4) is 0 Å². The smallest absolute Gasteiger partial charge is 0.259 e. The molecule has 2 rings (SSSR count). The lowest BCUT2D eigenvalue weighted by atomic mass is 10.2. The number of nitrogens with zero attached hydrogens (tertiary/aromatic N) is 1. The van der Waals surface area contributed by atoms with Crippen LogP contribution in [0.25, 0.3) is 10.2 Å². The number of aryl methyl sites for hydroxylation is 2. The van der Waals surface area contributed by atoms with Crippen LogP contribution in [0.4, 0.5) is 0 Å². The molecule has 0 bridgehead atoms. The van der Waals surface area contributed by atoms with Crippen molar-refractivity contribution < 1.29 is 4.84 Å². The van der Waals surface area contributed by atoms with Crippen molar-refractivity contribution in [1.29, 1.82) is 0 Å². The zero-order valence-electron chi connectivity index (χ0n) is 9.38. The van der Waals surface area contributed by atoms with E-state index in [1.807, 2.05) is 13.8 Å². The standard InChI is InChI=1S/C10H13N3O2S/c1-5-6(2)16-10-8(5)9(14)12-7(13-10)4-11-15-3/h11H,4H2,1-3H3,(H,12,13,14). The van der Waals surface area contributed by atoms with E-state index in [0.717, 1.165) is 15.3 Å². The molecular formula is C10H13N3O2S. The first kappa shape index (κ1) is 11.3. The molecule has 5 nitrogen and oxygen atoms in total. The van der Waals surface area contributed by atoms with Gasteiger partial charge in [-0.25, -0.2) is 4.98 Å². The molecule has 2 heterocycles. The predicted molar refractivity (Wildman–Crippen MR) is 63.6 cm³/mol. The van der Waals surface area contributed by atoms with Crippen LogP contribution in [0.1, 0.15) is 16.3 Å². The molecule has 0 spiro atoms. The van der Waals surface area contributed by atoms with Crippen LogP contribution in [0.5, 0.6) is 0 Å².